The van der Waals surface area contributed by atoms with Crippen LogP contribution in [0.3, 0.4) is 0 Å². The molecule has 0 aliphatic rings. The molecule has 3 heteroatoms. The van der Waals surface area contributed by atoms with Gasteiger partial charge in [-0.25, -0.2) is 0 Å². The molecule has 32 heavy (non-hydrogen) atoms. The number of hydrogen-bond donors (Lipinski definition) is 0. The number of aryl methyl sites for hydroxylation is 1. The predicted molar refractivity (Wildman–Crippen MR) is 133 cm³/mol. The molecule has 3 aromatic rings. The fourth-order valence-corrected chi connectivity index (χ4v) is 4.08. The molecule has 1 amide bonds. The van der Waals surface area contributed by atoms with E-state index in [4.69, 9.17) is 0 Å². The van der Waals surface area contributed by atoms with E-state index in [1.54, 1.807) is 0 Å². The van der Waals surface area contributed by atoms with E-state index in [1.807, 2.05) is 23.1 Å². The molecule has 0 unspecified atom stereocenters. The summed E-state index contributed by atoms with van der Waals surface area (Å²) in [6.45, 7) is 6.47. The third kappa shape index (κ3) is 7.71. The molecule has 0 radical (unpaired) electrons. The Hall–Kier alpha value is -2.81. The zero-order valence-electron chi connectivity index (χ0n) is 19.8. The first kappa shape index (κ1) is 23.8. The molecule has 0 fully saturated rings. The highest BCUT2D eigenvalue weighted by molar-refractivity contribution is 5.76. The molecule has 0 aliphatic heterocycles. The molecule has 0 N–H and O–H groups in total. The summed E-state index contributed by atoms with van der Waals surface area (Å²) in [6.07, 6.45) is 9.96. The predicted octanol–water partition coefficient (Wildman–Crippen LogP) is 7.12. The van der Waals surface area contributed by atoms with Crippen molar-refractivity contribution in [1.29, 1.82) is 0 Å². The van der Waals surface area contributed by atoms with Gasteiger partial charge in [0, 0.05) is 31.4 Å². The second-order valence-electron chi connectivity index (χ2n) is 8.87. The molecule has 3 rings (SSSR count). The number of carbonyl (C=O) groups excluding carboxylic acids is 1. The van der Waals surface area contributed by atoms with Gasteiger partial charge < -0.3 is 9.47 Å². The Bertz CT molecular complexity index is 927. The highest BCUT2D eigenvalue weighted by atomic mass is 16.2. The fraction of sp³-hybridized carbons (Fsp3) is 0.414. The quantitative estimate of drug-likeness (QED) is 0.265. The van der Waals surface area contributed by atoms with Crippen molar-refractivity contribution in [2.24, 2.45) is 0 Å². The molecule has 170 valence electrons. The van der Waals surface area contributed by atoms with E-state index in [1.165, 1.54) is 48.1 Å². The summed E-state index contributed by atoms with van der Waals surface area (Å²) in [7, 11) is 0. The molecule has 1 heterocycles. The normalized spacial score (nSPS) is 10.9. The van der Waals surface area contributed by atoms with Gasteiger partial charge in [-0.05, 0) is 36.6 Å². The number of unbranched alkanes of at least 4 members (excludes halogenated alkanes) is 5. The number of nitrogens with zero attached hydrogens (tertiary/aromatic N) is 2. The van der Waals surface area contributed by atoms with Crippen LogP contribution < -0.4 is 0 Å². The van der Waals surface area contributed by atoms with E-state index in [2.05, 4.69) is 73.1 Å². The van der Waals surface area contributed by atoms with Gasteiger partial charge in [0.25, 0.3) is 0 Å². The summed E-state index contributed by atoms with van der Waals surface area (Å²) in [5.41, 5.74) is 4.91. The SMILES string of the molecule is CCCCCCCCC(=O)N(Cc1ccccc1)Cc1cccn1Cc1ccc(C)cc1. The number of carbonyl (C=O) groups is 1. The molecule has 0 saturated carbocycles. The lowest BCUT2D eigenvalue weighted by atomic mass is 10.1. The highest BCUT2D eigenvalue weighted by Crippen LogP contribution is 2.16. The highest BCUT2D eigenvalue weighted by Gasteiger charge is 2.16. The third-order valence-corrected chi connectivity index (χ3v) is 6.06. The zero-order chi connectivity index (χ0) is 22.6. The van der Waals surface area contributed by atoms with Crippen LogP contribution in [0, 0.1) is 6.92 Å². The zero-order valence-corrected chi connectivity index (χ0v) is 19.8. The van der Waals surface area contributed by atoms with Crippen LogP contribution in [0.2, 0.25) is 0 Å². The van der Waals surface area contributed by atoms with Crippen molar-refractivity contribution < 1.29 is 4.79 Å². The minimum Gasteiger partial charge on any atom is -0.345 e. The second-order valence-corrected chi connectivity index (χ2v) is 8.87. The average molecular weight is 431 g/mol. The van der Waals surface area contributed by atoms with Crippen molar-refractivity contribution in [3.63, 3.8) is 0 Å². The van der Waals surface area contributed by atoms with E-state index in [9.17, 15) is 4.79 Å². The Morgan fingerprint density at radius 2 is 1.50 bits per heavy atom. The molecule has 2 aromatic carbocycles. The minimum atomic E-state index is 0.257. The van der Waals surface area contributed by atoms with E-state index >= 15 is 0 Å². The summed E-state index contributed by atoms with van der Waals surface area (Å²) in [6, 6.07) is 23.2. The van der Waals surface area contributed by atoms with Crippen molar-refractivity contribution in [2.45, 2.75) is 78.4 Å². The monoisotopic (exact) mass is 430 g/mol. The second kappa shape index (κ2) is 12.9. The Balaban J connectivity index is 1.65. The van der Waals surface area contributed by atoms with Crippen molar-refractivity contribution in [3.8, 4) is 0 Å². The lowest BCUT2D eigenvalue weighted by Crippen LogP contribution is -2.30. The van der Waals surface area contributed by atoms with E-state index < -0.39 is 0 Å². The van der Waals surface area contributed by atoms with E-state index in [0.717, 1.165) is 19.4 Å². The Kier molecular flexibility index (Phi) is 9.61. The molecule has 1 aromatic heterocycles. The molecule has 0 spiro atoms. The number of rotatable bonds is 13. The van der Waals surface area contributed by atoms with Gasteiger partial charge >= 0.3 is 0 Å². The fourth-order valence-electron chi connectivity index (χ4n) is 4.08. The first-order chi connectivity index (χ1) is 15.7. The summed E-state index contributed by atoms with van der Waals surface area (Å²) >= 11 is 0. The average Bonchev–Trinajstić information content (AvgIpc) is 3.24. The maximum atomic E-state index is 13.2. The van der Waals surface area contributed by atoms with Crippen LogP contribution in [-0.4, -0.2) is 15.4 Å². The van der Waals surface area contributed by atoms with Crippen LogP contribution in [-0.2, 0) is 24.4 Å². The molecular weight excluding hydrogens is 392 g/mol. The van der Waals surface area contributed by atoms with E-state index in [-0.39, 0.29) is 5.91 Å². The Labute approximate surface area is 194 Å². The maximum absolute atomic E-state index is 13.2. The molecular formula is C29H38N2O. The summed E-state index contributed by atoms with van der Waals surface area (Å²) in [5, 5.41) is 0. The van der Waals surface area contributed by atoms with Gasteiger partial charge in [-0.1, -0.05) is 99.2 Å². The van der Waals surface area contributed by atoms with Gasteiger partial charge in [0.1, 0.15) is 0 Å². The topological polar surface area (TPSA) is 25.2 Å². The molecule has 0 bridgehead atoms. The van der Waals surface area contributed by atoms with E-state index in [0.29, 0.717) is 19.5 Å². The minimum absolute atomic E-state index is 0.257. The van der Waals surface area contributed by atoms with Crippen molar-refractivity contribution in [3.05, 3.63) is 95.3 Å². The third-order valence-electron chi connectivity index (χ3n) is 6.06. The van der Waals surface area contributed by atoms with Gasteiger partial charge in [0.05, 0.1) is 6.54 Å². The standard InChI is InChI=1S/C29H38N2O/c1-3-4-5-6-7-11-16-29(32)31(23-26-13-9-8-10-14-26)24-28-15-12-21-30(28)22-27-19-17-25(2)18-20-27/h8-10,12-15,17-21H,3-7,11,16,22-24H2,1-2H3. The largest absolute Gasteiger partial charge is 0.345 e. The smallest absolute Gasteiger partial charge is 0.223 e. The van der Waals surface area contributed by atoms with Gasteiger partial charge in [-0.15, -0.1) is 0 Å². The van der Waals surface area contributed by atoms with Crippen molar-refractivity contribution in [2.75, 3.05) is 0 Å². The summed E-state index contributed by atoms with van der Waals surface area (Å²) in [4.78, 5) is 15.2. The molecule has 3 nitrogen and oxygen atoms in total. The van der Waals surface area contributed by atoms with Crippen LogP contribution >= 0.6 is 0 Å². The van der Waals surface area contributed by atoms with Crippen LogP contribution in [0.1, 0.15) is 74.3 Å². The number of aromatic nitrogens is 1. The lowest BCUT2D eigenvalue weighted by molar-refractivity contribution is -0.132. The summed E-state index contributed by atoms with van der Waals surface area (Å²) in [5.74, 6) is 0.257. The van der Waals surface area contributed by atoms with Crippen LogP contribution in [0.25, 0.3) is 0 Å². The Morgan fingerprint density at radius 3 is 2.25 bits per heavy atom. The first-order valence-electron chi connectivity index (χ1n) is 12.2. The van der Waals surface area contributed by atoms with Crippen LogP contribution in [0.5, 0.6) is 0 Å². The van der Waals surface area contributed by atoms with Crippen LogP contribution in [0.4, 0.5) is 0 Å². The molecule has 0 saturated heterocycles. The maximum Gasteiger partial charge on any atom is 0.223 e. The number of amides is 1. The van der Waals surface area contributed by atoms with Crippen molar-refractivity contribution in [1.82, 2.24) is 9.47 Å². The van der Waals surface area contributed by atoms with Crippen molar-refractivity contribution >= 4 is 5.91 Å². The van der Waals surface area contributed by atoms with Gasteiger partial charge in [-0.2, -0.15) is 0 Å². The lowest BCUT2D eigenvalue weighted by Gasteiger charge is -2.24. The molecule has 0 aliphatic carbocycles. The number of hydrogen-bond acceptors (Lipinski definition) is 1. The van der Waals surface area contributed by atoms with Gasteiger partial charge in [0.15, 0.2) is 0 Å². The number of benzene rings is 2. The Morgan fingerprint density at radius 1 is 0.781 bits per heavy atom. The summed E-state index contributed by atoms with van der Waals surface area (Å²) < 4.78 is 2.26. The van der Waals surface area contributed by atoms with Gasteiger partial charge in [0.2, 0.25) is 5.91 Å². The molecule has 0 atom stereocenters. The first-order valence-corrected chi connectivity index (χ1v) is 12.2. The van der Waals surface area contributed by atoms with Gasteiger partial charge in [-0.3, -0.25) is 4.79 Å². The van der Waals surface area contributed by atoms with Crippen LogP contribution in [0.15, 0.2) is 72.9 Å².